The van der Waals surface area contributed by atoms with Crippen LogP contribution < -0.4 is 15.0 Å². The number of hydrogen-bond acceptors (Lipinski definition) is 5. The van der Waals surface area contributed by atoms with Gasteiger partial charge in [-0.05, 0) is 31.5 Å². The Morgan fingerprint density at radius 1 is 1.33 bits per heavy atom. The number of hydroxylamine groups is 1. The van der Waals surface area contributed by atoms with Gasteiger partial charge in [-0.3, -0.25) is 14.8 Å². The maximum atomic E-state index is 11.4. The molecule has 0 radical (unpaired) electrons. The number of carbonyl (C=O) groups excluding carboxylic acids is 2. The van der Waals surface area contributed by atoms with Crippen molar-refractivity contribution in [3.8, 4) is 11.5 Å². The van der Waals surface area contributed by atoms with E-state index in [1.54, 1.807) is 19.1 Å². The van der Waals surface area contributed by atoms with Gasteiger partial charge in [0, 0.05) is 5.56 Å². The van der Waals surface area contributed by atoms with Crippen LogP contribution in [0.25, 0.3) is 0 Å². The number of carbonyl (C=O) groups is 2. The maximum absolute atomic E-state index is 11.4. The number of hydrogen-bond donors (Lipinski definition) is 2. The summed E-state index contributed by atoms with van der Waals surface area (Å²) in [5, 5.41) is 8.36. The average molecular weight is 253 g/mol. The van der Waals surface area contributed by atoms with Crippen molar-refractivity contribution in [3.63, 3.8) is 0 Å². The summed E-state index contributed by atoms with van der Waals surface area (Å²) in [4.78, 5) is 22.2. The quantitative estimate of drug-likeness (QED) is 0.466. The normalized spacial score (nSPS) is 9.78. The van der Waals surface area contributed by atoms with Crippen LogP contribution in [-0.4, -0.2) is 30.6 Å². The van der Waals surface area contributed by atoms with Crippen molar-refractivity contribution >= 4 is 11.7 Å². The van der Waals surface area contributed by atoms with E-state index in [2.05, 4.69) is 0 Å². The third-order valence-corrected chi connectivity index (χ3v) is 2.37. The van der Waals surface area contributed by atoms with Crippen LogP contribution in [0.1, 0.15) is 22.8 Å². The Morgan fingerprint density at radius 2 is 2.00 bits per heavy atom. The van der Waals surface area contributed by atoms with Crippen molar-refractivity contribution in [3.05, 3.63) is 23.3 Å². The number of amides is 1. The first-order chi connectivity index (χ1) is 8.49. The highest BCUT2D eigenvalue weighted by molar-refractivity contribution is 5.96. The van der Waals surface area contributed by atoms with E-state index < -0.39 is 5.91 Å². The fourth-order valence-corrected chi connectivity index (χ4v) is 1.49. The predicted octanol–water partition coefficient (Wildman–Crippen LogP) is 1.09. The first-order valence-corrected chi connectivity index (χ1v) is 5.25. The third kappa shape index (κ3) is 3.21. The topological polar surface area (TPSA) is 84.9 Å². The highest BCUT2D eigenvalue weighted by Crippen LogP contribution is 2.30. The van der Waals surface area contributed by atoms with Crippen LogP contribution in [0.2, 0.25) is 0 Å². The summed E-state index contributed by atoms with van der Waals surface area (Å²) < 4.78 is 10.3. The lowest BCUT2D eigenvalue weighted by Gasteiger charge is -2.12. The number of rotatable bonds is 5. The molecule has 0 saturated heterocycles. The van der Waals surface area contributed by atoms with Gasteiger partial charge < -0.3 is 9.47 Å². The monoisotopic (exact) mass is 253 g/mol. The Bertz CT molecular complexity index is 470. The first kappa shape index (κ1) is 14.0. The van der Waals surface area contributed by atoms with Gasteiger partial charge in [-0.2, -0.15) is 0 Å². The lowest BCUT2D eigenvalue weighted by Crippen LogP contribution is -2.25. The second-order valence-electron chi connectivity index (χ2n) is 3.70. The van der Waals surface area contributed by atoms with E-state index in [1.165, 1.54) is 19.5 Å². The highest BCUT2D eigenvalue weighted by Gasteiger charge is 2.13. The zero-order valence-corrected chi connectivity index (χ0v) is 10.4. The molecule has 1 amide bonds. The molecule has 98 valence electrons. The molecule has 0 saturated carbocycles. The Labute approximate surface area is 104 Å². The molecule has 0 aliphatic carbocycles. The van der Waals surface area contributed by atoms with E-state index >= 15 is 0 Å². The van der Waals surface area contributed by atoms with Gasteiger partial charge in [0.1, 0.15) is 0 Å². The highest BCUT2D eigenvalue weighted by atomic mass is 16.5. The molecule has 18 heavy (non-hydrogen) atoms. The molecule has 1 aromatic carbocycles. The summed E-state index contributed by atoms with van der Waals surface area (Å²) in [6.45, 7) is 2.88. The number of methoxy groups -OCH3 is 1. The maximum Gasteiger partial charge on any atom is 0.281 e. The van der Waals surface area contributed by atoms with Crippen LogP contribution >= 0.6 is 0 Å². The van der Waals surface area contributed by atoms with Crippen LogP contribution in [0.15, 0.2) is 12.1 Å². The summed E-state index contributed by atoms with van der Waals surface area (Å²) in [5.41, 5.74) is 2.72. The summed E-state index contributed by atoms with van der Waals surface area (Å²) >= 11 is 0. The molecule has 0 heterocycles. The summed E-state index contributed by atoms with van der Waals surface area (Å²) in [6.07, 6.45) is 0. The van der Waals surface area contributed by atoms with Gasteiger partial charge in [0.25, 0.3) is 5.91 Å². The molecule has 2 N–H and O–H groups in total. The van der Waals surface area contributed by atoms with Crippen LogP contribution in [-0.2, 0) is 4.79 Å². The first-order valence-electron chi connectivity index (χ1n) is 5.25. The predicted molar refractivity (Wildman–Crippen MR) is 63.2 cm³/mol. The van der Waals surface area contributed by atoms with Gasteiger partial charge in [-0.15, -0.1) is 0 Å². The van der Waals surface area contributed by atoms with E-state index in [-0.39, 0.29) is 12.4 Å². The molecule has 1 aromatic rings. The van der Waals surface area contributed by atoms with E-state index in [9.17, 15) is 9.59 Å². The lowest BCUT2D eigenvalue weighted by molar-refractivity contribution is -0.131. The number of aryl methyl sites for hydroxylation is 1. The molecular weight excluding hydrogens is 238 g/mol. The fraction of sp³-hybridized carbons (Fsp3) is 0.333. The molecular formula is C12H15NO5. The summed E-state index contributed by atoms with van der Waals surface area (Å²) in [5.74, 6) is -0.0593. The molecule has 0 spiro atoms. The zero-order valence-electron chi connectivity index (χ0n) is 10.4. The van der Waals surface area contributed by atoms with Gasteiger partial charge in [0.2, 0.25) is 0 Å². The minimum absolute atomic E-state index is 0.0783. The van der Waals surface area contributed by atoms with Crippen molar-refractivity contribution in [2.45, 2.75) is 13.8 Å². The summed E-state index contributed by atoms with van der Waals surface area (Å²) in [6, 6.07) is 3.17. The smallest absolute Gasteiger partial charge is 0.281 e. The van der Waals surface area contributed by atoms with E-state index in [0.717, 1.165) is 5.56 Å². The minimum Gasteiger partial charge on any atom is -0.493 e. The number of ether oxygens (including phenoxy) is 2. The molecule has 6 heteroatoms. The molecule has 0 aliphatic rings. The molecule has 0 unspecified atom stereocenters. The second-order valence-corrected chi connectivity index (χ2v) is 3.70. The Kier molecular flexibility index (Phi) is 4.67. The van der Waals surface area contributed by atoms with Gasteiger partial charge in [0.05, 0.1) is 7.11 Å². The lowest BCUT2D eigenvalue weighted by atomic mass is 10.0. The van der Waals surface area contributed by atoms with Crippen molar-refractivity contribution in [1.82, 2.24) is 5.48 Å². The molecule has 0 bridgehead atoms. The van der Waals surface area contributed by atoms with E-state index in [0.29, 0.717) is 17.1 Å². The number of nitrogens with one attached hydrogen (secondary N) is 1. The van der Waals surface area contributed by atoms with Crippen molar-refractivity contribution in [2.75, 3.05) is 13.7 Å². The van der Waals surface area contributed by atoms with Crippen LogP contribution in [0.3, 0.4) is 0 Å². The molecule has 6 nitrogen and oxygen atoms in total. The van der Waals surface area contributed by atoms with Crippen molar-refractivity contribution in [1.29, 1.82) is 0 Å². The van der Waals surface area contributed by atoms with Gasteiger partial charge >= 0.3 is 0 Å². The number of benzene rings is 1. The van der Waals surface area contributed by atoms with Crippen LogP contribution in [0.4, 0.5) is 0 Å². The molecule has 0 aliphatic heterocycles. The molecule has 1 rings (SSSR count). The zero-order chi connectivity index (χ0) is 13.7. The number of ketones is 1. The standard InChI is InChI=1S/C12H15NO5/c1-7-4-11(18-6-12(15)13-16)10(17-3)5-9(7)8(2)14/h4-5,16H,6H2,1-3H3,(H,13,15). The minimum atomic E-state index is -0.676. The second kappa shape index (κ2) is 6.02. The Balaban J connectivity index is 3.01. The van der Waals surface area contributed by atoms with E-state index in [1.807, 2.05) is 0 Å². The van der Waals surface area contributed by atoms with Crippen LogP contribution in [0, 0.1) is 6.92 Å². The van der Waals surface area contributed by atoms with Crippen LogP contribution in [0.5, 0.6) is 11.5 Å². The average Bonchev–Trinajstić information content (AvgIpc) is 2.35. The van der Waals surface area contributed by atoms with E-state index in [4.69, 9.17) is 14.7 Å². The third-order valence-electron chi connectivity index (χ3n) is 2.37. The van der Waals surface area contributed by atoms with Gasteiger partial charge in [-0.1, -0.05) is 0 Å². The van der Waals surface area contributed by atoms with Gasteiger partial charge in [0.15, 0.2) is 23.9 Å². The fourth-order valence-electron chi connectivity index (χ4n) is 1.49. The SMILES string of the molecule is COc1cc(C(C)=O)c(C)cc1OCC(=O)NO. The largest absolute Gasteiger partial charge is 0.493 e. The molecule has 0 atom stereocenters. The Morgan fingerprint density at radius 3 is 2.50 bits per heavy atom. The Hall–Kier alpha value is -2.08. The summed E-state index contributed by atoms with van der Waals surface area (Å²) in [7, 11) is 1.44. The molecule has 0 aromatic heterocycles. The number of Topliss-reactive ketones (excluding diaryl/α,β-unsaturated/α-hetero) is 1. The molecule has 0 fully saturated rings. The van der Waals surface area contributed by atoms with Gasteiger partial charge in [-0.25, -0.2) is 5.48 Å². The van der Waals surface area contributed by atoms with Crippen molar-refractivity contribution in [2.24, 2.45) is 0 Å². The van der Waals surface area contributed by atoms with Crippen molar-refractivity contribution < 1.29 is 24.3 Å².